The van der Waals surface area contributed by atoms with E-state index in [4.69, 9.17) is 23.2 Å². The van der Waals surface area contributed by atoms with Gasteiger partial charge in [-0.25, -0.2) is 8.42 Å². The van der Waals surface area contributed by atoms with Gasteiger partial charge < -0.3 is 5.32 Å². The number of carbonyl (C=O) groups excluding carboxylic acids is 1. The van der Waals surface area contributed by atoms with Crippen LogP contribution < -0.4 is 5.32 Å². The first-order valence-corrected chi connectivity index (χ1v) is 13.4. The van der Waals surface area contributed by atoms with Crippen LogP contribution in [0.15, 0.2) is 114 Å². The first kappa shape index (κ1) is 25.9. The molecule has 0 saturated carbocycles. The SMILES string of the molecule is O=C(CN(Cc1cccc(Cl)c1)S(=O)(=O)c1ccc(Cl)cc1)NC(c1ccccc1)c1ccccc1. The lowest BCUT2D eigenvalue weighted by molar-refractivity contribution is -0.121. The Bertz CT molecular complexity index is 1370. The van der Waals surface area contributed by atoms with Crippen LogP contribution in [0.1, 0.15) is 22.7 Å². The number of halogens is 2. The fourth-order valence-corrected chi connectivity index (χ4v) is 5.56. The Kier molecular flexibility index (Phi) is 8.44. The largest absolute Gasteiger partial charge is 0.344 e. The second-order valence-electron chi connectivity index (χ2n) is 8.18. The Morgan fingerprint density at radius 1 is 0.750 bits per heavy atom. The van der Waals surface area contributed by atoms with Crippen molar-refractivity contribution >= 4 is 39.1 Å². The van der Waals surface area contributed by atoms with E-state index in [1.807, 2.05) is 60.7 Å². The highest BCUT2D eigenvalue weighted by Gasteiger charge is 2.28. The summed E-state index contributed by atoms with van der Waals surface area (Å²) < 4.78 is 28.3. The predicted molar refractivity (Wildman–Crippen MR) is 143 cm³/mol. The van der Waals surface area contributed by atoms with Crippen LogP contribution in [0, 0.1) is 0 Å². The van der Waals surface area contributed by atoms with Crippen LogP contribution in [0.4, 0.5) is 0 Å². The zero-order valence-electron chi connectivity index (χ0n) is 19.2. The monoisotopic (exact) mass is 538 g/mol. The molecule has 0 aliphatic carbocycles. The summed E-state index contributed by atoms with van der Waals surface area (Å²) in [6.45, 7) is -0.409. The number of sulfonamides is 1. The molecule has 5 nitrogen and oxygen atoms in total. The Hall–Kier alpha value is -3.16. The lowest BCUT2D eigenvalue weighted by Crippen LogP contribution is -2.41. The number of rotatable bonds is 9. The van der Waals surface area contributed by atoms with Gasteiger partial charge in [0.05, 0.1) is 17.5 Å². The molecule has 0 unspecified atom stereocenters. The van der Waals surface area contributed by atoms with Crippen LogP contribution in [0.2, 0.25) is 10.0 Å². The molecule has 36 heavy (non-hydrogen) atoms. The highest BCUT2D eigenvalue weighted by molar-refractivity contribution is 7.89. The summed E-state index contributed by atoms with van der Waals surface area (Å²) in [6.07, 6.45) is 0. The van der Waals surface area contributed by atoms with E-state index in [-0.39, 0.29) is 18.0 Å². The van der Waals surface area contributed by atoms with Crippen molar-refractivity contribution in [2.45, 2.75) is 17.5 Å². The molecular formula is C28H24Cl2N2O3S. The highest BCUT2D eigenvalue weighted by Crippen LogP contribution is 2.24. The second kappa shape index (κ2) is 11.7. The van der Waals surface area contributed by atoms with Gasteiger partial charge in [0, 0.05) is 16.6 Å². The van der Waals surface area contributed by atoms with Gasteiger partial charge in [-0.15, -0.1) is 0 Å². The Morgan fingerprint density at radius 3 is 1.89 bits per heavy atom. The van der Waals surface area contributed by atoms with Crippen molar-refractivity contribution in [3.63, 3.8) is 0 Å². The third-order valence-corrected chi connectivity index (χ3v) is 7.88. The fourth-order valence-electron chi connectivity index (χ4n) is 3.84. The van der Waals surface area contributed by atoms with Crippen LogP contribution in [0.3, 0.4) is 0 Å². The number of nitrogens with zero attached hydrogens (tertiary/aromatic N) is 1. The number of nitrogens with one attached hydrogen (secondary N) is 1. The van der Waals surface area contributed by atoms with Crippen molar-refractivity contribution in [2.75, 3.05) is 6.54 Å². The Balaban J connectivity index is 1.64. The van der Waals surface area contributed by atoms with E-state index in [0.717, 1.165) is 15.4 Å². The lowest BCUT2D eigenvalue weighted by Gasteiger charge is -2.25. The van der Waals surface area contributed by atoms with Crippen LogP contribution in [-0.2, 0) is 21.4 Å². The van der Waals surface area contributed by atoms with Gasteiger partial charge in [0.1, 0.15) is 0 Å². The molecule has 4 aromatic rings. The number of hydrogen-bond acceptors (Lipinski definition) is 3. The quantitative estimate of drug-likeness (QED) is 0.280. The number of benzene rings is 4. The predicted octanol–water partition coefficient (Wildman–Crippen LogP) is 6.09. The fraction of sp³-hybridized carbons (Fsp3) is 0.107. The Labute approximate surface area is 221 Å². The van der Waals surface area contributed by atoms with E-state index in [1.54, 1.807) is 24.3 Å². The molecule has 1 amide bonds. The van der Waals surface area contributed by atoms with E-state index < -0.39 is 22.0 Å². The van der Waals surface area contributed by atoms with Crippen molar-refractivity contribution in [1.29, 1.82) is 0 Å². The molecule has 1 N–H and O–H groups in total. The van der Waals surface area contributed by atoms with Gasteiger partial charge >= 0.3 is 0 Å². The zero-order chi connectivity index (χ0) is 25.5. The van der Waals surface area contributed by atoms with Crippen molar-refractivity contribution in [1.82, 2.24) is 9.62 Å². The molecule has 0 aromatic heterocycles. The maximum absolute atomic E-state index is 13.6. The molecule has 0 atom stereocenters. The normalized spacial score (nSPS) is 11.6. The molecular weight excluding hydrogens is 515 g/mol. The summed E-state index contributed by atoms with van der Waals surface area (Å²) in [4.78, 5) is 13.4. The van der Waals surface area contributed by atoms with Gasteiger partial charge in [0.2, 0.25) is 15.9 Å². The van der Waals surface area contributed by atoms with Gasteiger partial charge in [-0.1, -0.05) is 96.0 Å². The molecule has 8 heteroatoms. The maximum atomic E-state index is 13.6. The summed E-state index contributed by atoms with van der Waals surface area (Å²) in [5, 5.41) is 3.92. The van der Waals surface area contributed by atoms with Crippen LogP contribution in [0.25, 0.3) is 0 Å². The van der Waals surface area contributed by atoms with Gasteiger partial charge in [0.25, 0.3) is 0 Å². The molecule has 184 valence electrons. The van der Waals surface area contributed by atoms with Gasteiger partial charge in [-0.2, -0.15) is 4.31 Å². The van der Waals surface area contributed by atoms with Crippen molar-refractivity contribution in [2.24, 2.45) is 0 Å². The third-order valence-electron chi connectivity index (χ3n) is 5.59. The molecule has 0 heterocycles. The summed E-state index contributed by atoms with van der Waals surface area (Å²) in [7, 11) is -4.02. The smallest absolute Gasteiger partial charge is 0.243 e. The third kappa shape index (κ3) is 6.53. The minimum absolute atomic E-state index is 0.0275. The molecule has 0 aliphatic heterocycles. The molecule has 0 saturated heterocycles. The number of carbonyl (C=O) groups is 1. The average Bonchev–Trinajstić information content (AvgIpc) is 2.88. The van der Waals surface area contributed by atoms with Crippen LogP contribution in [0.5, 0.6) is 0 Å². The maximum Gasteiger partial charge on any atom is 0.243 e. The van der Waals surface area contributed by atoms with E-state index in [1.165, 1.54) is 24.3 Å². The van der Waals surface area contributed by atoms with Crippen molar-refractivity contribution in [3.8, 4) is 0 Å². The number of hydrogen-bond donors (Lipinski definition) is 1. The minimum Gasteiger partial charge on any atom is -0.344 e. The van der Waals surface area contributed by atoms with E-state index in [0.29, 0.717) is 15.6 Å². The average molecular weight is 539 g/mol. The van der Waals surface area contributed by atoms with Crippen molar-refractivity contribution < 1.29 is 13.2 Å². The van der Waals surface area contributed by atoms with E-state index in [9.17, 15) is 13.2 Å². The first-order chi connectivity index (χ1) is 17.3. The molecule has 0 aliphatic rings. The highest BCUT2D eigenvalue weighted by atomic mass is 35.5. The number of amides is 1. The van der Waals surface area contributed by atoms with E-state index >= 15 is 0 Å². The molecule has 4 rings (SSSR count). The van der Waals surface area contributed by atoms with Crippen LogP contribution >= 0.6 is 23.2 Å². The van der Waals surface area contributed by atoms with Gasteiger partial charge in [0.15, 0.2) is 0 Å². The molecule has 0 radical (unpaired) electrons. The molecule has 0 bridgehead atoms. The van der Waals surface area contributed by atoms with Gasteiger partial charge in [-0.05, 0) is 53.1 Å². The topological polar surface area (TPSA) is 66.5 Å². The van der Waals surface area contributed by atoms with E-state index in [2.05, 4.69) is 5.32 Å². The summed E-state index contributed by atoms with van der Waals surface area (Å²) in [5.74, 6) is -0.438. The standard InChI is InChI=1S/C28H24Cl2N2O3S/c29-24-14-16-26(17-15-24)36(34,35)32(19-21-8-7-13-25(30)18-21)20-27(33)31-28(22-9-3-1-4-10-22)23-11-5-2-6-12-23/h1-18,28H,19-20H2,(H,31,33). The first-order valence-electron chi connectivity index (χ1n) is 11.2. The molecule has 4 aromatic carbocycles. The molecule has 0 spiro atoms. The summed E-state index contributed by atoms with van der Waals surface area (Å²) >= 11 is 12.1. The molecule has 0 fully saturated rings. The lowest BCUT2D eigenvalue weighted by atomic mass is 9.99. The van der Waals surface area contributed by atoms with Crippen molar-refractivity contribution in [3.05, 3.63) is 136 Å². The van der Waals surface area contributed by atoms with Gasteiger partial charge in [-0.3, -0.25) is 4.79 Å². The van der Waals surface area contributed by atoms with Crippen LogP contribution in [-0.4, -0.2) is 25.2 Å². The minimum atomic E-state index is -4.02. The second-order valence-corrected chi connectivity index (χ2v) is 11.0. The summed E-state index contributed by atoms with van der Waals surface area (Å²) in [5.41, 5.74) is 2.44. The Morgan fingerprint density at radius 2 is 1.33 bits per heavy atom. The zero-order valence-corrected chi connectivity index (χ0v) is 21.5. The summed E-state index contributed by atoms with van der Waals surface area (Å²) in [6, 6.07) is 31.4.